The topological polar surface area (TPSA) is 18.8 Å². The van der Waals surface area contributed by atoms with Gasteiger partial charge in [-0.3, -0.25) is 4.99 Å². The van der Waals surface area contributed by atoms with E-state index in [1.807, 2.05) is 6.20 Å². The van der Waals surface area contributed by atoms with Crippen LogP contribution >= 0.6 is 0 Å². The summed E-state index contributed by atoms with van der Waals surface area (Å²) >= 11 is 0. The summed E-state index contributed by atoms with van der Waals surface area (Å²) < 4.78 is 0. The van der Waals surface area contributed by atoms with E-state index in [0.29, 0.717) is 5.92 Å². The average molecular weight is 438 g/mol. The van der Waals surface area contributed by atoms with Crippen LogP contribution in [0.5, 0.6) is 0 Å². The number of likely N-dealkylation sites (N-methyl/N-ethyl adjacent to an activating group) is 2. The van der Waals surface area contributed by atoms with Gasteiger partial charge in [0.1, 0.15) is 5.82 Å². The third kappa shape index (κ3) is 3.64. The second-order valence-corrected chi connectivity index (χ2v) is 10.7. The molecule has 170 valence electrons. The van der Waals surface area contributed by atoms with Crippen LogP contribution in [0.25, 0.3) is 11.6 Å². The van der Waals surface area contributed by atoms with Crippen LogP contribution in [-0.4, -0.2) is 41.7 Å². The van der Waals surface area contributed by atoms with Gasteiger partial charge in [-0.15, -0.1) is 0 Å². The van der Waals surface area contributed by atoms with Crippen LogP contribution in [0.3, 0.4) is 0 Å². The Labute approximate surface area is 198 Å². The SMILES string of the molecule is C/C(=C1\N(C)C2C=CN=C(C3=Cc4ccccc4C(C(C)(C)C)C3)C2N1C)c1ccccc1. The van der Waals surface area contributed by atoms with Gasteiger partial charge in [-0.05, 0) is 64.7 Å². The second-order valence-electron chi connectivity index (χ2n) is 10.7. The number of hydrogen-bond acceptors (Lipinski definition) is 3. The molecule has 3 heteroatoms. The molecule has 0 saturated carbocycles. The van der Waals surface area contributed by atoms with Gasteiger partial charge in [-0.2, -0.15) is 0 Å². The van der Waals surface area contributed by atoms with Crippen molar-refractivity contribution in [1.29, 1.82) is 0 Å². The molecule has 5 rings (SSSR count). The van der Waals surface area contributed by atoms with Crippen molar-refractivity contribution >= 4 is 17.4 Å². The number of nitrogens with zero attached hydrogens (tertiary/aromatic N) is 3. The maximum absolute atomic E-state index is 5.01. The Balaban J connectivity index is 1.57. The van der Waals surface area contributed by atoms with E-state index in [1.54, 1.807) is 0 Å². The molecule has 2 aromatic carbocycles. The van der Waals surface area contributed by atoms with Crippen molar-refractivity contribution in [3.63, 3.8) is 0 Å². The summed E-state index contributed by atoms with van der Waals surface area (Å²) in [6, 6.07) is 20.1. The zero-order valence-corrected chi connectivity index (χ0v) is 20.7. The van der Waals surface area contributed by atoms with Gasteiger partial charge >= 0.3 is 0 Å². The maximum Gasteiger partial charge on any atom is 0.108 e. The quantitative estimate of drug-likeness (QED) is 0.529. The smallest absolute Gasteiger partial charge is 0.108 e. The Morgan fingerprint density at radius 2 is 1.64 bits per heavy atom. The van der Waals surface area contributed by atoms with E-state index in [1.165, 1.54) is 39.4 Å². The molecule has 1 fully saturated rings. The van der Waals surface area contributed by atoms with Gasteiger partial charge < -0.3 is 9.80 Å². The Hall–Kier alpha value is -3.07. The fourth-order valence-corrected chi connectivity index (χ4v) is 5.94. The lowest BCUT2D eigenvalue weighted by atomic mass is 9.68. The zero-order chi connectivity index (χ0) is 23.3. The lowest BCUT2D eigenvalue weighted by molar-refractivity contribution is 0.316. The molecule has 2 heterocycles. The summed E-state index contributed by atoms with van der Waals surface area (Å²) in [5, 5.41) is 0. The lowest BCUT2D eigenvalue weighted by Gasteiger charge is -2.38. The Bertz CT molecular complexity index is 1180. The average Bonchev–Trinajstić information content (AvgIpc) is 3.08. The molecule has 2 aliphatic heterocycles. The van der Waals surface area contributed by atoms with Gasteiger partial charge in [-0.1, -0.05) is 75.4 Å². The van der Waals surface area contributed by atoms with Gasteiger partial charge in [0, 0.05) is 20.3 Å². The van der Waals surface area contributed by atoms with Crippen molar-refractivity contribution in [3.8, 4) is 0 Å². The molecular weight excluding hydrogens is 402 g/mol. The number of rotatable bonds is 2. The largest absolute Gasteiger partial charge is 0.352 e. The van der Waals surface area contributed by atoms with Gasteiger partial charge in [0.25, 0.3) is 0 Å². The van der Waals surface area contributed by atoms with Crippen LogP contribution in [0.4, 0.5) is 0 Å². The number of benzene rings is 2. The molecule has 0 spiro atoms. The first-order valence-corrected chi connectivity index (χ1v) is 12.0. The third-order valence-corrected chi connectivity index (χ3v) is 7.67. The molecule has 3 aliphatic rings. The fraction of sp³-hybridized carbons (Fsp3) is 0.367. The van der Waals surface area contributed by atoms with Crippen LogP contribution in [0, 0.1) is 5.41 Å². The number of fused-ring (bicyclic) bond motifs is 2. The molecule has 3 unspecified atom stereocenters. The first-order valence-electron chi connectivity index (χ1n) is 12.0. The van der Waals surface area contributed by atoms with E-state index in [0.717, 1.165) is 6.42 Å². The summed E-state index contributed by atoms with van der Waals surface area (Å²) in [6.45, 7) is 9.33. The Morgan fingerprint density at radius 1 is 0.939 bits per heavy atom. The van der Waals surface area contributed by atoms with Crippen LogP contribution in [0.15, 0.2) is 83.3 Å². The molecule has 33 heavy (non-hydrogen) atoms. The first kappa shape index (κ1) is 21.8. The van der Waals surface area contributed by atoms with Gasteiger partial charge in [0.2, 0.25) is 0 Å². The minimum absolute atomic E-state index is 0.188. The van der Waals surface area contributed by atoms with Crippen molar-refractivity contribution < 1.29 is 0 Å². The van der Waals surface area contributed by atoms with E-state index in [4.69, 9.17) is 4.99 Å². The standard InChI is InChI=1S/C30H35N3/c1-20(21-12-8-7-9-13-21)29-32(5)26-16-17-31-27(28(26)33(29)6)23-18-22-14-10-11-15-24(22)25(19-23)30(2,3)4/h7-18,25-26,28H,19H2,1-6H3/b29-20-. The molecule has 0 aromatic heterocycles. The van der Waals surface area contributed by atoms with Gasteiger partial charge in [0.05, 0.1) is 17.8 Å². The predicted octanol–water partition coefficient (Wildman–Crippen LogP) is 6.57. The highest BCUT2D eigenvalue weighted by Gasteiger charge is 2.45. The van der Waals surface area contributed by atoms with E-state index >= 15 is 0 Å². The highest BCUT2D eigenvalue weighted by atomic mass is 15.4. The highest BCUT2D eigenvalue weighted by Crippen LogP contribution is 2.46. The summed E-state index contributed by atoms with van der Waals surface area (Å²) in [6.07, 6.45) is 7.71. The van der Waals surface area contributed by atoms with Crippen molar-refractivity contribution in [2.75, 3.05) is 14.1 Å². The molecule has 3 nitrogen and oxygen atoms in total. The number of allylic oxidation sites excluding steroid dienone is 1. The van der Waals surface area contributed by atoms with Crippen LogP contribution in [0.1, 0.15) is 56.7 Å². The summed E-state index contributed by atoms with van der Waals surface area (Å²) in [7, 11) is 4.45. The van der Waals surface area contributed by atoms with Crippen molar-refractivity contribution in [2.24, 2.45) is 10.4 Å². The molecule has 0 radical (unpaired) electrons. The van der Waals surface area contributed by atoms with Gasteiger partial charge in [0.15, 0.2) is 0 Å². The predicted molar refractivity (Wildman–Crippen MR) is 140 cm³/mol. The molecule has 0 amide bonds. The molecule has 0 N–H and O–H groups in total. The van der Waals surface area contributed by atoms with Crippen molar-refractivity contribution in [2.45, 2.75) is 52.1 Å². The molecular formula is C30H35N3. The van der Waals surface area contributed by atoms with E-state index < -0.39 is 0 Å². The third-order valence-electron chi connectivity index (χ3n) is 7.67. The Morgan fingerprint density at radius 3 is 2.36 bits per heavy atom. The summed E-state index contributed by atoms with van der Waals surface area (Å²) in [5.74, 6) is 1.76. The minimum Gasteiger partial charge on any atom is -0.352 e. The summed E-state index contributed by atoms with van der Waals surface area (Å²) in [4.78, 5) is 9.89. The van der Waals surface area contributed by atoms with Crippen LogP contribution < -0.4 is 0 Å². The first-order chi connectivity index (χ1) is 15.8. The molecule has 1 saturated heterocycles. The fourth-order valence-electron chi connectivity index (χ4n) is 5.94. The molecule has 2 aromatic rings. The van der Waals surface area contributed by atoms with Crippen molar-refractivity contribution in [1.82, 2.24) is 9.80 Å². The normalized spacial score (nSPS) is 25.9. The van der Waals surface area contributed by atoms with E-state index in [-0.39, 0.29) is 17.5 Å². The van der Waals surface area contributed by atoms with E-state index in [2.05, 4.69) is 118 Å². The lowest BCUT2D eigenvalue weighted by Crippen LogP contribution is -2.43. The van der Waals surface area contributed by atoms with E-state index in [9.17, 15) is 0 Å². The van der Waals surface area contributed by atoms with Gasteiger partial charge in [-0.25, -0.2) is 0 Å². The number of hydrogen-bond donors (Lipinski definition) is 0. The molecule has 0 bridgehead atoms. The second kappa shape index (κ2) is 8.06. The number of aliphatic imine (C=N–C) groups is 1. The minimum atomic E-state index is 0.188. The maximum atomic E-state index is 5.01. The highest BCUT2D eigenvalue weighted by molar-refractivity contribution is 6.09. The molecule has 1 aliphatic carbocycles. The zero-order valence-electron chi connectivity index (χ0n) is 20.7. The van der Waals surface area contributed by atoms with Crippen LogP contribution in [-0.2, 0) is 0 Å². The molecule has 3 atom stereocenters. The summed E-state index contributed by atoms with van der Waals surface area (Å²) in [5.41, 5.74) is 8.17. The van der Waals surface area contributed by atoms with Crippen LogP contribution in [0.2, 0.25) is 0 Å². The Kier molecular flexibility index (Phi) is 5.31. The monoisotopic (exact) mass is 437 g/mol. The van der Waals surface area contributed by atoms with Crippen molar-refractivity contribution in [3.05, 3.63) is 95.0 Å².